The number of nitrogens with two attached hydrogens (primary N) is 1. The molecular weight excluding hydrogens is 430 g/mol. The predicted octanol–water partition coefficient (Wildman–Crippen LogP) is 3.29. The van der Waals surface area contributed by atoms with Gasteiger partial charge in [-0.25, -0.2) is 13.2 Å². The van der Waals surface area contributed by atoms with Gasteiger partial charge >= 0.3 is 5.97 Å². The molecule has 0 heterocycles. The maximum atomic E-state index is 13.7. The van der Waals surface area contributed by atoms with Crippen LogP contribution in [0.25, 0.3) is 0 Å². The van der Waals surface area contributed by atoms with Gasteiger partial charge in [-0.15, -0.1) is 0 Å². The molecule has 3 aromatic carbocycles. The molecule has 32 heavy (non-hydrogen) atoms. The zero-order chi connectivity index (χ0) is 23.5. The normalized spacial score (nSPS) is 11.2. The van der Waals surface area contributed by atoms with Crippen LogP contribution in [0.5, 0.6) is 5.75 Å². The summed E-state index contributed by atoms with van der Waals surface area (Å²) >= 11 is 0. The Hall–Kier alpha value is -3.36. The van der Waals surface area contributed by atoms with Gasteiger partial charge in [0.15, 0.2) is 0 Å². The van der Waals surface area contributed by atoms with Crippen LogP contribution in [0, 0.1) is 6.92 Å². The molecule has 0 fully saturated rings. The number of aliphatic hydroxyl groups excluding tert-OH is 1. The molecule has 168 valence electrons. The average Bonchev–Trinajstić information content (AvgIpc) is 2.82. The van der Waals surface area contributed by atoms with Gasteiger partial charge in [-0.05, 0) is 54.3 Å². The molecule has 0 spiro atoms. The zero-order valence-corrected chi connectivity index (χ0v) is 18.9. The van der Waals surface area contributed by atoms with Gasteiger partial charge in [0.05, 0.1) is 36.2 Å². The van der Waals surface area contributed by atoms with Gasteiger partial charge in [0.25, 0.3) is 0 Å². The smallest absolute Gasteiger partial charge is 0.339 e. The van der Waals surface area contributed by atoms with Crippen LogP contribution in [0.1, 0.15) is 32.6 Å². The third kappa shape index (κ3) is 4.19. The first-order chi connectivity index (χ1) is 15.3. The lowest BCUT2D eigenvalue weighted by atomic mass is 9.91. The quantitative estimate of drug-likeness (QED) is 0.415. The molecule has 0 aromatic heterocycles. The fourth-order valence-corrected chi connectivity index (χ4v) is 5.36. The number of methoxy groups -OCH3 is 2. The van der Waals surface area contributed by atoms with Gasteiger partial charge in [-0.1, -0.05) is 30.3 Å². The summed E-state index contributed by atoms with van der Waals surface area (Å²) in [5, 5.41) is 10.1. The molecule has 0 aliphatic carbocycles. The minimum atomic E-state index is -4.24. The molecule has 0 saturated heterocycles. The number of aliphatic hydroxyl groups is 1. The van der Waals surface area contributed by atoms with E-state index in [0.717, 1.165) is 5.56 Å². The SMILES string of the molecule is COC(=O)c1c(Cc2ccccc2)c(C)c(N)c(CO)c1S(=O)(=O)c1ccc(OC)cc1. The average molecular weight is 456 g/mol. The number of anilines is 1. The molecule has 8 heteroatoms. The summed E-state index contributed by atoms with van der Waals surface area (Å²) in [5.41, 5.74) is 8.07. The second-order valence-corrected chi connectivity index (χ2v) is 9.08. The van der Waals surface area contributed by atoms with Crippen LogP contribution in [-0.2, 0) is 27.6 Å². The maximum Gasteiger partial charge on any atom is 0.339 e. The summed E-state index contributed by atoms with van der Waals surface area (Å²) < 4.78 is 37.5. The highest BCUT2D eigenvalue weighted by atomic mass is 32.2. The Morgan fingerprint density at radius 1 is 1.00 bits per heavy atom. The zero-order valence-electron chi connectivity index (χ0n) is 18.1. The lowest BCUT2D eigenvalue weighted by Gasteiger charge is -2.22. The van der Waals surface area contributed by atoms with Crippen LogP contribution in [0.3, 0.4) is 0 Å². The van der Waals surface area contributed by atoms with Gasteiger partial charge in [0, 0.05) is 11.3 Å². The highest BCUT2D eigenvalue weighted by Gasteiger charge is 2.33. The summed E-state index contributed by atoms with van der Waals surface area (Å²) in [7, 11) is -1.59. The molecule has 0 amide bonds. The molecule has 3 aromatic rings. The Labute approximate surface area is 187 Å². The van der Waals surface area contributed by atoms with Gasteiger partial charge in [-0.2, -0.15) is 0 Å². The van der Waals surface area contributed by atoms with Gasteiger partial charge < -0.3 is 20.3 Å². The number of sulfone groups is 1. The van der Waals surface area contributed by atoms with Crippen molar-refractivity contribution in [3.05, 3.63) is 82.4 Å². The Morgan fingerprint density at radius 2 is 1.62 bits per heavy atom. The second-order valence-electron chi connectivity index (χ2n) is 7.19. The van der Waals surface area contributed by atoms with E-state index in [-0.39, 0.29) is 33.0 Å². The van der Waals surface area contributed by atoms with E-state index < -0.39 is 22.4 Å². The first-order valence-corrected chi connectivity index (χ1v) is 11.3. The lowest BCUT2D eigenvalue weighted by Crippen LogP contribution is -2.20. The van der Waals surface area contributed by atoms with E-state index in [1.807, 2.05) is 30.3 Å². The third-order valence-electron chi connectivity index (χ3n) is 5.39. The van der Waals surface area contributed by atoms with E-state index in [4.69, 9.17) is 15.2 Å². The van der Waals surface area contributed by atoms with Crippen molar-refractivity contribution < 1.29 is 27.8 Å². The minimum absolute atomic E-state index is 0.0319. The standard InChI is InChI=1S/C24H25NO6S/c1-15-19(13-16-7-5-4-6-8-16)21(24(27)31-3)23(20(14-26)22(15)25)32(28,29)18-11-9-17(30-2)10-12-18/h4-12,26H,13-14,25H2,1-3H3. The highest BCUT2D eigenvalue weighted by Crippen LogP contribution is 2.38. The molecule has 0 unspecified atom stereocenters. The monoisotopic (exact) mass is 455 g/mol. The fourth-order valence-electron chi connectivity index (χ4n) is 3.65. The molecule has 3 rings (SSSR count). The number of benzene rings is 3. The summed E-state index contributed by atoms with van der Waals surface area (Å²) in [6.07, 6.45) is 0.262. The Morgan fingerprint density at radius 3 is 2.16 bits per heavy atom. The van der Waals surface area contributed by atoms with Crippen LogP contribution in [0.15, 0.2) is 64.4 Å². The molecule has 7 nitrogen and oxygen atoms in total. The van der Waals surface area contributed by atoms with E-state index >= 15 is 0 Å². The van der Waals surface area contributed by atoms with E-state index in [0.29, 0.717) is 16.9 Å². The van der Waals surface area contributed by atoms with Gasteiger partial charge in [0.1, 0.15) is 5.75 Å². The summed E-state index contributed by atoms with van der Waals surface area (Å²) in [5.74, 6) is -0.339. The molecule has 0 aliphatic rings. The molecule has 0 aliphatic heterocycles. The van der Waals surface area contributed by atoms with Crippen LogP contribution in [0.2, 0.25) is 0 Å². The van der Waals surface area contributed by atoms with Gasteiger partial charge in [0.2, 0.25) is 9.84 Å². The largest absolute Gasteiger partial charge is 0.497 e. The molecular formula is C24H25NO6S. The maximum absolute atomic E-state index is 13.7. The first kappa shape index (κ1) is 23.3. The predicted molar refractivity (Wildman–Crippen MR) is 121 cm³/mol. The number of carbonyl (C=O) groups excluding carboxylic acids is 1. The minimum Gasteiger partial charge on any atom is -0.497 e. The van der Waals surface area contributed by atoms with Crippen molar-refractivity contribution in [2.45, 2.75) is 29.7 Å². The Balaban J connectivity index is 2.38. The van der Waals surface area contributed by atoms with Crippen LogP contribution in [-0.4, -0.2) is 33.7 Å². The van der Waals surface area contributed by atoms with E-state index in [2.05, 4.69) is 0 Å². The summed E-state index contributed by atoms with van der Waals surface area (Å²) in [4.78, 5) is 12.5. The van der Waals surface area contributed by atoms with Crippen molar-refractivity contribution in [2.75, 3.05) is 20.0 Å². The van der Waals surface area contributed by atoms with E-state index in [1.165, 1.54) is 38.5 Å². The van der Waals surface area contributed by atoms with Crippen LogP contribution < -0.4 is 10.5 Å². The highest BCUT2D eigenvalue weighted by molar-refractivity contribution is 7.91. The van der Waals surface area contributed by atoms with Crippen molar-refractivity contribution in [1.82, 2.24) is 0 Å². The molecule has 0 bridgehead atoms. The number of nitrogen functional groups attached to an aromatic ring is 1. The van der Waals surface area contributed by atoms with Crippen molar-refractivity contribution in [3.8, 4) is 5.75 Å². The number of hydrogen-bond donors (Lipinski definition) is 2. The fraction of sp³-hybridized carbons (Fsp3) is 0.208. The summed E-state index contributed by atoms with van der Waals surface area (Å²) in [6, 6.07) is 15.1. The van der Waals surface area contributed by atoms with Crippen molar-refractivity contribution in [3.63, 3.8) is 0 Å². The van der Waals surface area contributed by atoms with Crippen LogP contribution in [0.4, 0.5) is 5.69 Å². The Bertz CT molecular complexity index is 1240. The molecule has 0 saturated carbocycles. The number of ether oxygens (including phenoxy) is 2. The van der Waals surface area contributed by atoms with E-state index in [9.17, 15) is 18.3 Å². The van der Waals surface area contributed by atoms with Crippen molar-refractivity contribution >= 4 is 21.5 Å². The van der Waals surface area contributed by atoms with Crippen LogP contribution >= 0.6 is 0 Å². The number of rotatable bonds is 7. The second kappa shape index (κ2) is 9.42. The number of hydrogen-bond acceptors (Lipinski definition) is 7. The van der Waals surface area contributed by atoms with Crippen molar-refractivity contribution in [2.24, 2.45) is 0 Å². The van der Waals surface area contributed by atoms with Gasteiger partial charge in [-0.3, -0.25) is 0 Å². The van der Waals surface area contributed by atoms with E-state index in [1.54, 1.807) is 6.92 Å². The Kier molecular flexibility index (Phi) is 6.86. The topological polar surface area (TPSA) is 116 Å². The van der Waals surface area contributed by atoms with Crippen molar-refractivity contribution in [1.29, 1.82) is 0 Å². The molecule has 3 N–H and O–H groups in total. The molecule has 0 radical (unpaired) electrons. The first-order valence-electron chi connectivity index (χ1n) is 9.82. The lowest BCUT2D eigenvalue weighted by molar-refractivity contribution is 0.0594. The molecule has 0 atom stereocenters. The number of carbonyl (C=O) groups is 1. The summed E-state index contributed by atoms with van der Waals surface area (Å²) in [6.45, 7) is 1.04. The number of esters is 1. The third-order valence-corrected chi connectivity index (χ3v) is 7.28.